The predicted octanol–water partition coefficient (Wildman–Crippen LogP) is 3.24. The summed E-state index contributed by atoms with van der Waals surface area (Å²) in [5.74, 6) is -2.59. The third kappa shape index (κ3) is 6.84. The van der Waals surface area contributed by atoms with E-state index >= 15 is 0 Å². The third-order valence-electron chi connectivity index (χ3n) is 10.5. The summed E-state index contributed by atoms with van der Waals surface area (Å²) >= 11 is 0. The number of benzene rings is 1. The van der Waals surface area contributed by atoms with Crippen LogP contribution in [0.5, 0.6) is 0 Å². The van der Waals surface area contributed by atoms with Gasteiger partial charge in [-0.1, -0.05) is 49.3 Å². The molecule has 262 valence electrons. The Balaban J connectivity index is 1.16. The summed E-state index contributed by atoms with van der Waals surface area (Å²) in [6.45, 7) is 1.63. The van der Waals surface area contributed by atoms with Gasteiger partial charge < -0.3 is 25.0 Å². The smallest absolute Gasteiger partial charge is 0.385 e. The molecular weight excluding hydrogens is 653 g/mol. The first-order chi connectivity index (χ1) is 23.5. The Morgan fingerprint density at radius 1 is 1.14 bits per heavy atom. The molecule has 0 radical (unpaired) electrons. The monoisotopic (exact) mass is 695 g/mol. The highest BCUT2D eigenvalue weighted by molar-refractivity contribution is 7.91. The van der Waals surface area contributed by atoms with Crippen molar-refractivity contribution in [1.29, 1.82) is 0 Å². The highest BCUT2D eigenvalue weighted by atomic mass is 32.2. The zero-order valence-corrected chi connectivity index (χ0v) is 28.2. The number of hydrogen-bond acceptors (Lipinski definition) is 9. The number of nitrogens with one attached hydrogen (secondary N) is 3. The third-order valence-corrected chi connectivity index (χ3v) is 12.6. The zero-order chi connectivity index (χ0) is 34.4. The Kier molecular flexibility index (Phi) is 8.78. The van der Waals surface area contributed by atoms with Gasteiger partial charge in [0.15, 0.2) is 0 Å². The molecule has 3 amide bonds. The van der Waals surface area contributed by atoms with Gasteiger partial charge in [0.2, 0.25) is 21.8 Å². The molecule has 1 saturated heterocycles. The molecule has 7 rings (SSSR count). The SMILES string of the molecule is CC1(S(=O)(=O)NC(=O)[C@@]23C[C@H]2/C=C\CCCCC[C@H](Nc2cccc(F)c2)C(=O)N2C[C@H](OC4=NC5C=CC=CC5O4)C[C@H]2C(=O)N3)CC1. The van der Waals surface area contributed by atoms with E-state index in [2.05, 4.69) is 20.3 Å². The fourth-order valence-corrected chi connectivity index (χ4v) is 8.31. The maximum absolute atomic E-state index is 14.4. The van der Waals surface area contributed by atoms with E-state index in [-0.39, 0.29) is 43.5 Å². The number of aliphatic imine (C=N–C) groups is 1. The van der Waals surface area contributed by atoms with Crippen LogP contribution < -0.4 is 15.4 Å². The second-order valence-corrected chi connectivity index (χ2v) is 16.3. The van der Waals surface area contributed by atoms with Crippen LogP contribution in [-0.2, 0) is 33.9 Å². The topological polar surface area (TPSA) is 156 Å². The Morgan fingerprint density at radius 3 is 2.73 bits per heavy atom. The van der Waals surface area contributed by atoms with Gasteiger partial charge >= 0.3 is 6.08 Å². The number of anilines is 1. The molecule has 1 aromatic carbocycles. The van der Waals surface area contributed by atoms with Gasteiger partial charge in [0.1, 0.15) is 41.7 Å². The number of ether oxygens (including phenoxy) is 2. The summed E-state index contributed by atoms with van der Waals surface area (Å²) in [6, 6.07) is 3.83. The first kappa shape index (κ1) is 33.3. The van der Waals surface area contributed by atoms with Gasteiger partial charge in [-0.3, -0.25) is 19.1 Å². The van der Waals surface area contributed by atoms with Gasteiger partial charge in [0.05, 0.1) is 11.3 Å². The number of halogens is 1. The minimum atomic E-state index is -3.96. The van der Waals surface area contributed by atoms with Crippen LogP contribution in [0.3, 0.4) is 0 Å². The van der Waals surface area contributed by atoms with Crippen LogP contribution in [0.4, 0.5) is 10.1 Å². The van der Waals surface area contributed by atoms with Crippen LogP contribution in [-0.4, -0.2) is 84.3 Å². The molecule has 3 aliphatic heterocycles. The molecule has 3 aliphatic carbocycles. The number of amides is 3. The number of rotatable bonds is 6. The summed E-state index contributed by atoms with van der Waals surface area (Å²) in [4.78, 5) is 48.3. The maximum Gasteiger partial charge on any atom is 0.385 e. The standard InChI is InChI=1S/C35H42FN5O7S/c1-34(16-17-34)49(45,46)40-32(44)35-20-22(35)10-5-3-2-4-6-14-27(37-24-12-9-11-23(36)18-24)31(43)41-21-25(19-28(41)30(42)39-35)47-33-38-26-13-7-8-15-29(26)48-33/h5,7-13,15,18,22,25-29,37H,2-4,6,14,16-17,19-21H2,1H3,(H,39,42)(H,40,44)/b10-5-/t22-,25-,26?,27+,28+,29?,35-/m1/s1. The average molecular weight is 696 g/mol. The second-order valence-electron chi connectivity index (χ2n) is 14.1. The largest absolute Gasteiger partial charge is 0.445 e. The lowest BCUT2D eigenvalue weighted by Crippen LogP contribution is -2.58. The lowest BCUT2D eigenvalue weighted by molar-refractivity contribution is -0.140. The first-order valence-corrected chi connectivity index (χ1v) is 18.6. The van der Waals surface area contributed by atoms with E-state index in [4.69, 9.17) is 9.47 Å². The second kappa shape index (κ2) is 12.9. The van der Waals surface area contributed by atoms with Gasteiger partial charge in [-0.2, -0.15) is 0 Å². The van der Waals surface area contributed by atoms with E-state index < -0.39 is 62.0 Å². The normalized spacial score (nSPS) is 34.1. The molecule has 0 aromatic heterocycles. The van der Waals surface area contributed by atoms with E-state index in [0.29, 0.717) is 31.4 Å². The van der Waals surface area contributed by atoms with Crippen molar-refractivity contribution in [2.45, 2.75) is 105 Å². The van der Waals surface area contributed by atoms with Crippen molar-refractivity contribution in [1.82, 2.24) is 14.9 Å². The zero-order valence-electron chi connectivity index (χ0n) is 27.3. The number of carbonyl (C=O) groups excluding carboxylic acids is 3. The summed E-state index contributed by atoms with van der Waals surface area (Å²) in [5.41, 5.74) is -1.04. The van der Waals surface area contributed by atoms with Crippen LogP contribution in [0.2, 0.25) is 0 Å². The molecule has 3 N–H and O–H groups in total. The van der Waals surface area contributed by atoms with Crippen LogP contribution in [0.25, 0.3) is 0 Å². The molecule has 0 bridgehead atoms. The van der Waals surface area contributed by atoms with E-state index in [0.717, 1.165) is 19.3 Å². The van der Waals surface area contributed by atoms with Crippen molar-refractivity contribution >= 4 is 39.5 Å². The molecular formula is C35H42FN5O7S. The quantitative estimate of drug-likeness (QED) is 0.384. The lowest BCUT2D eigenvalue weighted by Gasteiger charge is -2.30. The molecule has 7 atom stereocenters. The van der Waals surface area contributed by atoms with Crippen molar-refractivity contribution in [3.8, 4) is 0 Å². The molecule has 2 unspecified atom stereocenters. The lowest BCUT2D eigenvalue weighted by atomic mass is 10.0. The van der Waals surface area contributed by atoms with Crippen LogP contribution in [0.1, 0.15) is 64.7 Å². The molecule has 12 nitrogen and oxygen atoms in total. The molecule has 1 aromatic rings. The number of carbonyl (C=O) groups is 3. The molecule has 14 heteroatoms. The highest BCUT2D eigenvalue weighted by Gasteiger charge is 2.63. The Bertz CT molecular complexity index is 1740. The maximum atomic E-state index is 14.4. The Hall–Kier alpha value is -4.20. The van der Waals surface area contributed by atoms with E-state index in [1.807, 2.05) is 36.5 Å². The van der Waals surface area contributed by atoms with Gasteiger partial charge in [-0.05, 0) is 69.7 Å². The van der Waals surface area contributed by atoms with Crippen molar-refractivity contribution in [2.75, 3.05) is 11.9 Å². The summed E-state index contributed by atoms with van der Waals surface area (Å²) in [6.07, 6.45) is 15.2. The molecule has 6 aliphatic rings. The minimum Gasteiger partial charge on any atom is -0.445 e. The summed E-state index contributed by atoms with van der Waals surface area (Å²) in [7, 11) is -3.96. The molecule has 3 heterocycles. The number of allylic oxidation sites excluding steroid dienone is 3. The van der Waals surface area contributed by atoms with Gasteiger partial charge in [-0.25, -0.2) is 17.8 Å². The van der Waals surface area contributed by atoms with Crippen molar-refractivity contribution in [2.24, 2.45) is 10.9 Å². The summed E-state index contributed by atoms with van der Waals surface area (Å²) < 4.78 is 53.5. The minimum absolute atomic E-state index is 0.0386. The number of fused-ring (bicyclic) bond motifs is 3. The molecule has 49 heavy (non-hydrogen) atoms. The van der Waals surface area contributed by atoms with Crippen LogP contribution >= 0.6 is 0 Å². The fourth-order valence-electron chi connectivity index (χ4n) is 7.00. The molecule has 2 saturated carbocycles. The van der Waals surface area contributed by atoms with Crippen molar-refractivity contribution in [3.63, 3.8) is 0 Å². The predicted molar refractivity (Wildman–Crippen MR) is 179 cm³/mol. The highest BCUT2D eigenvalue weighted by Crippen LogP contribution is 2.47. The summed E-state index contributed by atoms with van der Waals surface area (Å²) in [5, 5.41) is 6.07. The van der Waals surface area contributed by atoms with Gasteiger partial charge in [-0.15, -0.1) is 0 Å². The molecule has 0 spiro atoms. The first-order valence-electron chi connectivity index (χ1n) is 17.1. The van der Waals surface area contributed by atoms with E-state index in [9.17, 15) is 27.2 Å². The van der Waals surface area contributed by atoms with Crippen LogP contribution in [0, 0.1) is 11.7 Å². The van der Waals surface area contributed by atoms with Crippen LogP contribution in [0.15, 0.2) is 65.7 Å². The number of sulfonamides is 1. The van der Waals surface area contributed by atoms with Crippen molar-refractivity contribution in [3.05, 3.63) is 66.5 Å². The van der Waals surface area contributed by atoms with Crippen molar-refractivity contribution < 1.29 is 36.7 Å². The number of hydrogen-bond donors (Lipinski definition) is 3. The van der Waals surface area contributed by atoms with Gasteiger partial charge in [0, 0.05) is 18.0 Å². The fraction of sp³-hybridized carbons (Fsp3) is 0.543. The Labute approximate surface area is 285 Å². The van der Waals surface area contributed by atoms with Gasteiger partial charge in [0.25, 0.3) is 5.91 Å². The van der Waals surface area contributed by atoms with E-state index in [1.54, 1.807) is 19.1 Å². The Morgan fingerprint density at radius 2 is 1.96 bits per heavy atom. The van der Waals surface area contributed by atoms with E-state index in [1.165, 1.54) is 17.0 Å². The number of nitrogens with zero attached hydrogens (tertiary/aromatic N) is 2. The average Bonchev–Trinajstić information content (AvgIpc) is 3.87. The molecule has 3 fully saturated rings.